The van der Waals surface area contributed by atoms with Gasteiger partial charge in [0.25, 0.3) is 0 Å². The Hall–Kier alpha value is -2.80. The zero-order chi connectivity index (χ0) is 17.1. The summed E-state index contributed by atoms with van der Waals surface area (Å²) in [5.41, 5.74) is 1.44. The molecule has 2 aromatic carbocycles. The van der Waals surface area contributed by atoms with Crippen molar-refractivity contribution in [2.24, 2.45) is 0 Å². The van der Waals surface area contributed by atoms with E-state index in [4.69, 9.17) is 4.74 Å². The topological polar surface area (TPSA) is 60.2 Å². The molecule has 3 rings (SSSR count). The number of aliphatic hydroxyl groups is 1. The van der Waals surface area contributed by atoms with Crippen molar-refractivity contribution in [3.8, 4) is 22.7 Å². The lowest BCUT2D eigenvalue weighted by Gasteiger charge is -2.09. The van der Waals surface area contributed by atoms with Gasteiger partial charge in [-0.05, 0) is 43.3 Å². The van der Waals surface area contributed by atoms with Gasteiger partial charge in [-0.25, -0.2) is 13.5 Å². The third kappa shape index (κ3) is 3.11. The highest BCUT2D eigenvalue weighted by atomic mass is 19.1. The molecule has 0 atom stereocenters. The first-order valence-corrected chi connectivity index (χ1v) is 7.37. The predicted octanol–water partition coefficient (Wildman–Crippen LogP) is 3.10. The second-order valence-corrected chi connectivity index (χ2v) is 5.04. The van der Waals surface area contributed by atoms with E-state index in [0.29, 0.717) is 23.7 Å². The van der Waals surface area contributed by atoms with Crippen molar-refractivity contribution in [3.63, 3.8) is 0 Å². The second-order valence-electron chi connectivity index (χ2n) is 5.04. The number of ether oxygens (including phenoxy) is 1. The lowest BCUT2D eigenvalue weighted by Crippen LogP contribution is -2.01. The van der Waals surface area contributed by atoms with E-state index >= 15 is 0 Å². The van der Waals surface area contributed by atoms with Gasteiger partial charge in [-0.2, -0.15) is 0 Å². The fourth-order valence-electron chi connectivity index (χ4n) is 2.43. The molecular weight excluding hydrogens is 316 g/mol. The predicted molar refractivity (Wildman–Crippen MR) is 83.8 cm³/mol. The highest BCUT2D eigenvalue weighted by Gasteiger charge is 2.17. The van der Waals surface area contributed by atoms with Crippen LogP contribution in [0.4, 0.5) is 8.78 Å². The van der Waals surface area contributed by atoms with Gasteiger partial charge in [-0.3, -0.25) is 0 Å². The van der Waals surface area contributed by atoms with E-state index in [9.17, 15) is 13.9 Å². The Morgan fingerprint density at radius 2 is 1.75 bits per heavy atom. The Labute approximate surface area is 137 Å². The Balaban J connectivity index is 2.11. The van der Waals surface area contributed by atoms with Gasteiger partial charge in [0.05, 0.1) is 18.9 Å². The van der Waals surface area contributed by atoms with Crippen LogP contribution in [-0.2, 0) is 6.61 Å². The number of rotatable bonds is 5. The van der Waals surface area contributed by atoms with Crippen molar-refractivity contribution in [1.29, 1.82) is 0 Å². The fraction of sp³-hybridized carbons (Fsp3) is 0.176. The van der Waals surface area contributed by atoms with Gasteiger partial charge in [0, 0.05) is 11.6 Å². The summed E-state index contributed by atoms with van der Waals surface area (Å²) < 4.78 is 33.9. The number of benzene rings is 2. The lowest BCUT2D eigenvalue weighted by atomic mass is 10.1. The average molecular weight is 331 g/mol. The molecular formula is C17H15F2N3O2. The van der Waals surface area contributed by atoms with Gasteiger partial charge < -0.3 is 9.84 Å². The smallest absolute Gasteiger partial charge is 0.126 e. The molecule has 0 spiro atoms. The molecule has 0 aliphatic carbocycles. The molecule has 1 aromatic heterocycles. The van der Waals surface area contributed by atoms with E-state index in [1.165, 1.54) is 16.8 Å². The summed E-state index contributed by atoms with van der Waals surface area (Å²) in [7, 11) is 0. The first-order valence-electron chi connectivity index (χ1n) is 7.37. The molecule has 7 heteroatoms. The third-order valence-corrected chi connectivity index (χ3v) is 3.42. The van der Waals surface area contributed by atoms with Crippen molar-refractivity contribution >= 4 is 0 Å². The minimum Gasteiger partial charge on any atom is -0.494 e. The third-order valence-electron chi connectivity index (χ3n) is 3.42. The van der Waals surface area contributed by atoms with Crippen LogP contribution in [0.3, 0.4) is 0 Å². The Morgan fingerprint density at radius 1 is 1.08 bits per heavy atom. The van der Waals surface area contributed by atoms with E-state index in [0.717, 1.165) is 6.07 Å². The van der Waals surface area contributed by atoms with E-state index in [1.54, 1.807) is 24.3 Å². The Morgan fingerprint density at radius 3 is 2.33 bits per heavy atom. The van der Waals surface area contributed by atoms with Crippen LogP contribution in [0.2, 0.25) is 0 Å². The maximum absolute atomic E-state index is 13.6. The summed E-state index contributed by atoms with van der Waals surface area (Å²) in [6.45, 7) is 2.03. The molecule has 0 saturated heterocycles. The van der Waals surface area contributed by atoms with Crippen molar-refractivity contribution < 1.29 is 18.6 Å². The zero-order valence-corrected chi connectivity index (χ0v) is 12.9. The van der Waals surface area contributed by atoms with Crippen LogP contribution >= 0.6 is 0 Å². The van der Waals surface area contributed by atoms with E-state index in [-0.39, 0.29) is 11.3 Å². The van der Waals surface area contributed by atoms with Gasteiger partial charge in [-0.1, -0.05) is 5.21 Å². The minimum atomic E-state index is -0.715. The summed E-state index contributed by atoms with van der Waals surface area (Å²) in [6, 6.07) is 10.1. The molecule has 0 aliphatic rings. The van der Waals surface area contributed by atoms with Crippen molar-refractivity contribution in [2.45, 2.75) is 13.5 Å². The minimum absolute atomic E-state index is 0.230. The molecule has 0 bridgehead atoms. The molecule has 0 unspecified atom stereocenters. The van der Waals surface area contributed by atoms with E-state index in [1.807, 2.05) is 6.92 Å². The van der Waals surface area contributed by atoms with E-state index < -0.39 is 18.2 Å². The monoisotopic (exact) mass is 331 g/mol. The molecule has 3 aromatic rings. The largest absolute Gasteiger partial charge is 0.494 e. The van der Waals surface area contributed by atoms with Crippen molar-refractivity contribution in [3.05, 3.63) is 59.8 Å². The number of nitrogens with zero attached hydrogens (tertiary/aromatic N) is 3. The lowest BCUT2D eigenvalue weighted by molar-refractivity contribution is 0.277. The Bertz CT molecular complexity index is 827. The molecule has 124 valence electrons. The molecule has 1 N–H and O–H groups in total. The van der Waals surface area contributed by atoms with Gasteiger partial charge in [0.2, 0.25) is 0 Å². The molecule has 0 aliphatic heterocycles. The van der Waals surface area contributed by atoms with Gasteiger partial charge in [-0.15, -0.1) is 5.10 Å². The molecule has 0 amide bonds. The van der Waals surface area contributed by atoms with Crippen LogP contribution in [0.15, 0.2) is 42.5 Å². The number of aromatic nitrogens is 3. The van der Waals surface area contributed by atoms with Crippen LogP contribution in [0, 0.1) is 11.6 Å². The summed E-state index contributed by atoms with van der Waals surface area (Å²) in [5.74, 6) is -0.733. The maximum Gasteiger partial charge on any atom is 0.126 e. The number of halogens is 2. The molecule has 1 heterocycles. The fourth-order valence-corrected chi connectivity index (χ4v) is 2.43. The second kappa shape index (κ2) is 6.76. The van der Waals surface area contributed by atoms with Gasteiger partial charge in [0.15, 0.2) is 0 Å². The van der Waals surface area contributed by atoms with Crippen LogP contribution < -0.4 is 4.74 Å². The summed E-state index contributed by atoms with van der Waals surface area (Å²) >= 11 is 0. The van der Waals surface area contributed by atoms with E-state index in [2.05, 4.69) is 10.3 Å². The molecule has 5 nitrogen and oxygen atoms in total. The summed E-state index contributed by atoms with van der Waals surface area (Å²) in [6.07, 6.45) is 0. The quantitative estimate of drug-likeness (QED) is 0.780. The first-order chi connectivity index (χ1) is 11.6. The van der Waals surface area contributed by atoms with Gasteiger partial charge in [0.1, 0.15) is 28.8 Å². The Kier molecular flexibility index (Phi) is 4.52. The molecule has 0 radical (unpaired) electrons. The van der Waals surface area contributed by atoms with Gasteiger partial charge >= 0.3 is 0 Å². The van der Waals surface area contributed by atoms with Crippen LogP contribution in [0.25, 0.3) is 16.9 Å². The first kappa shape index (κ1) is 16.1. The van der Waals surface area contributed by atoms with Crippen LogP contribution in [-0.4, -0.2) is 26.7 Å². The van der Waals surface area contributed by atoms with Crippen molar-refractivity contribution in [1.82, 2.24) is 15.0 Å². The molecule has 24 heavy (non-hydrogen) atoms. The highest BCUT2D eigenvalue weighted by molar-refractivity contribution is 5.64. The summed E-state index contributed by atoms with van der Waals surface area (Å²) in [4.78, 5) is 0. The average Bonchev–Trinajstić information content (AvgIpc) is 2.99. The number of hydrogen-bond donors (Lipinski definition) is 1. The SMILES string of the molecule is CCOc1ccc(-n2nnc(CO)c2-c2cc(F)cc(F)c2)cc1. The maximum atomic E-state index is 13.6. The molecule has 0 saturated carbocycles. The normalized spacial score (nSPS) is 10.8. The standard InChI is InChI=1S/C17H15F2N3O2/c1-2-24-15-5-3-14(4-6-15)22-17(16(10-23)20-21-22)11-7-12(18)9-13(19)8-11/h3-9,23H,2,10H2,1H3. The van der Waals surface area contributed by atoms with Crippen LogP contribution in [0.1, 0.15) is 12.6 Å². The number of hydrogen-bond acceptors (Lipinski definition) is 4. The van der Waals surface area contributed by atoms with Crippen molar-refractivity contribution in [2.75, 3.05) is 6.61 Å². The van der Waals surface area contributed by atoms with Crippen LogP contribution in [0.5, 0.6) is 5.75 Å². The highest BCUT2D eigenvalue weighted by Crippen LogP contribution is 2.27. The zero-order valence-electron chi connectivity index (χ0n) is 12.9. The molecule has 0 fully saturated rings. The summed E-state index contributed by atoms with van der Waals surface area (Å²) in [5, 5.41) is 17.4. The number of aliphatic hydroxyl groups excluding tert-OH is 1.